The van der Waals surface area contributed by atoms with Crippen molar-refractivity contribution in [3.8, 4) is 0 Å². The minimum Gasteiger partial charge on any atom is -0.756 e. The number of hydrogen-bond donors (Lipinski definition) is 0. The Morgan fingerprint density at radius 3 is 2.22 bits per heavy atom. The summed E-state index contributed by atoms with van der Waals surface area (Å²) in [6, 6.07) is 0. The van der Waals surface area contributed by atoms with E-state index in [4.69, 9.17) is 23.2 Å². The molecule has 0 aromatic heterocycles. The van der Waals surface area contributed by atoms with E-state index in [1.54, 1.807) is 6.92 Å². The standard InChI is InChI=1S/C11H23Cl2O4P/c1-3-5-6-7-8-9-10-16-18(14,15)17-11(12,13)4-2/h3-10H2,1-2H3,(H,14,15)/p-1. The summed E-state index contributed by atoms with van der Waals surface area (Å²) in [4.78, 5) is 11.4. The molecule has 0 spiro atoms. The van der Waals surface area contributed by atoms with Gasteiger partial charge in [0.15, 0.2) is 0 Å². The quantitative estimate of drug-likeness (QED) is 0.322. The van der Waals surface area contributed by atoms with Crippen molar-refractivity contribution in [3.63, 3.8) is 0 Å². The number of phosphoric ester groups is 1. The van der Waals surface area contributed by atoms with E-state index in [-0.39, 0.29) is 13.0 Å². The number of rotatable bonds is 11. The SMILES string of the molecule is CCCCCCCCOP(=O)([O-])OC(Cl)(Cl)CC. The molecule has 7 heteroatoms. The van der Waals surface area contributed by atoms with E-state index in [2.05, 4.69) is 16.0 Å². The summed E-state index contributed by atoms with van der Waals surface area (Å²) in [5.74, 6) is 0. The van der Waals surface area contributed by atoms with E-state index < -0.39 is 12.3 Å². The van der Waals surface area contributed by atoms with Crippen LogP contribution in [0.4, 0.5) is 0 Å². The molecule has 0 radical (unpaired) electrons. The van der Waals surface area contributed by atoms with Gasteiger partial charge in [-0.25, -0.2) is 0 Å². The number of phosphoric acid groups is 1. The summed E-state index contributed by atoms with van der Waals surface area (Å²) in [5, 5.41) is 0. The predicted octanol–water partition coefficient (Wildman–Crippen LogP) is 4.39. The van der Waals surface area contributed by atoms with Crippen LogP contribution in [0.25, 0.3) is 0 Å². The summed E-state index contributed by atoms with van der Waals surface area (Å²) < 4.78 is 18.8. The van der Waals surface area contributed by atoms with Crippen molar-refractivity contribution in [2.75, 3.05) is 6.61 Å². The lowest BCUT2D eigenvalue weighted by molar-refractivity contribution is -0.228. The molecule has 0 heterocycles. The highest BCUT2D eigenvalue weighted by atomic mass is 35.5. The molecular weight excluding hydrogens is 298 g/mol. The molecule has 0 fully saturated rings. The number of unbranched alkanes of at least 4 members (excludes halogenated alkanes) is 5. The lowest BCUT2D eigenvalue weighted by Crippen LogP contribution is -2.20. The Morgan fingerprint density at radius 2 is 1.67 bits per heavy atom. The van der Waals surface area contributed by atoms with Crippen LogP contribution in [0.2, 0.25) is 0 Å². The number of hydrogen-bond acceptors (Lipinski definition) is 4. The van der Waals surface area contributed by atoms with Crippen LogP contribution < -0.4 is 4.89 Å². The van der Waals surface area contributed by atoms with Gasteiger partial charge in [-0.1, -0.05) is 69.2 Å². The Hall–Kier alpha value is 0.690. The third-order valence-electron chi connectivity index (χ3n) is 2.40. The van der Waals surface area contributed by atoms with Crippen LogP contribution in [0.1, 0.15) is 58.8 Å². The zero-order chi connectivity index (χ0) is 14.1. The summed E-state index contributed by atoms with van der Waals surface area (Å²) in [7, 11) is -4.41. The van der Waals surface area contributed by atoms with Gasteiger partial charge < -0.3 is 9.42 Å². The Kier molecular flexibility index (Phi) is 9.94. The highest BCUT2D eigenvalue weighted by molar-refractivity contribution is 7.46. The molecule has 1 atom stereocenters. The summed E-state index contributed by atoms with van der Waals surface area (Å²) >= 11 is 11.2. The van der Waals surface area contributed by atoms with Crippen LogP contribution in [0.15, 0.2) is 0 Å². The monoisotopic (exact) mass is 319 g/mol. The van der Waals surface area contributed by atoms with Gasteiger partial charge in [0, 0.05) is 6.42 Å². The van der Waals surface area contributed by atoms with Crippen LogP contribution in [0, 0.1) is 0 Å². The normalized spacial score (nSPS) is 15.6. The van der Waals surface area contributed by atoms with Crippen molar-refractivity contribution >= 4 is 31.0 Å². The molecule has 0 saturated carbocycles. The predicted molar refractivity (Wildman–Crippen MR) is 72.7 cm³/mol. The van der Waals surface area contributed by atoms with Crippen molar-refractivity contribution in [2.45, 2.75) is 63.3 Å². The number of alkyl halides is 2. The van der Waals surface area contributed by atoms with Gasteiger partial charge in [-0.05, 0) is 6.42 Å². The molecule has 0 N–H and O–H groups in total. The van der Waals surface area contributed by atoms with Crippen molar-refractivity contribution < 1.29 is 18.5 Å². The van der Waals surface area contributed by atoms with Gasteiger partial charge in [0.25, 0.3) is 7.82 Å². The second-order valence-corrected chi connectivity index (χ2v) is 6.88. The molecule has 0 saturated heterocycles. The molecule has 0 aromatic rings. The lowest BCUT2D eigenvalue weighted by atomic mass is 10.1. The maximum absolute atomic E-state index is 11.4. The molecule has 0 amide bonds. The van der Waals surface area contributed by atoms with E-state index in [1.165, 1.54) is 19.3 Å². The Bertz CT molecular complexity index is 261. The van der Waals surface area contributed by atoms with E-state index in [9.17, 15) is 9.46 Å². The second kappa shape index (κ2) is 9.57. The zero-order valence-corrected chi connectivity index (χ0v) is 13.4. The van der Waals surface area contributed by atoms with Crippen molar-refractivity contribution in [1.82, 2.24) is 0 Å². The average molecular weight is 320 g/mol. The van der Waals surface area contributed by atoms with Gasteiger partial charge in [-0.2, -0.15) is 0 Å². The molecule has 0 aliphatic rings. The van der Waals surface area contributed by atoms with Gasteiger partial charge in [0.05, 0.1) is 6.61 Å². The van der Waals surface area contributed by atoms with Crippen molar-refractivity contribution in [1.29, 1.82) is 0 Å². The second-order valence-electron chi connectivity index (χ2n) is 4.13. The first-order valence-corrected chi connectivity index (χ1v) is 8.59. The smallest absolute Gasteiger partial charge is 0.270 e. The summed E-state index contributed by atoms with van der Waals surface area (Å²) in [6.07, 6.45) is 6.44. The van der Waals surface area contributed by atoms with E-state index in [1.807, 2.05) is 0 Å². The van der Waals surface area contributed by atoms with Crippen LogP contribution >= 0.6 is 31.0 Å². The van der Waals surface area contributed by atoms with Gasteiger partial charge >= 0.3 is 0 Å². The summed E-state index contributed by atoms with van der Waals surface area (Å²) in [6.45, 7) is 3.88. The van der Waals surface area contributed by atoms with Gasteiger partial charge in [-0.3, -0.25) is 9.09 Å². The third-order valence-corrected chi connectivity index (χ3v) is 4.34. The van der Waals surface area contributed by atoms with Gasteiger partial charge in [-0.15, -0.1) is 0 Å². The minimum atomic E-state index is -4.41. The Labute approximate surface area is 120 Å². The topological polar surface area (TPSA) is 58.6 Å². The molecular formula is C11H22Cl2O4P-. The molecule has 1 unspecified atom stereocenters. The van der Waals surface area contributed by atoms with Crippen molar-refractivity contribution in [3.05, 3.63) is 0 Å². The minimum absolute atomic E-state index is 0.112. The molecule has 18 heavy (non-hydrogen) atoms. The summed E-state index contributed by atoms with van der Waals surface area (Å²) in [5.41, 5.74) is 0. The fraction of sp³-hybridized carbons (Fsp3) is 1.00. The highest BCUT2D eigenvalue weighted by Gasteiger charge is 2.28. The first kappa shape index (κ1) is 18.7. The average Bonchev–Trinajstić information content (AvgIpc) is 2.26. The fourth-order valence-corrected chi connectivity index (χ4v) is 2.68. The zero-order valence-electron chi connectivity index (χ0n) is 11.0. The maximum atomic E-state index is 11.4. The lowest BCUT2D eigenvalue weighted by Gasteiger charge is -2.29. The third kappa shape index (κ3) is 10.6. The molecule has 4 nitrogen and oxygen atoms in total. The van der Waals surface area contributed by atoms with E-state index in [0.29, 0.717) is 6.42 Å². The molecule has 0 bridgehead atoms. The number of halogens is 2. The van der Waals surface area contributed by atoms with Crippen LogP contribution in [0.3, 0.4) is 0 Å². The Balaban J connectivity index is 3.68. The molecule has 110 valence electrons. The Morgan fingerprint density at radius 1 is 1.11 bits per heavy atom. The molecule has 0 rings (SSSR count). The van der Waals surface area contributed by atoms with Crippen LogP contribution in [-0.4, -0.2) is 11.1 Å². The maximum Gasteiger partial charge on any atom is 0.270 e. The van der Waals surface area contributed by atoms with Gasteiger partial charge in [0.2, 0.25) is 4.52 Å². The van der Waals surface area contributed by atoms with E-state index >= 15 is 0 Å². The highest BCUT2D eigenvalue weighted by Crippen LogP contribution is 2.47. The van der Waals surface area contributed by atoms with Crippen molar-refractivity contribution in [2.24, 2.45) is 0 Å². The first-order valence-electron chi connectivity index (χ1n) is 6.37. The van der Waals surface area contributed by atoms with Gasteiger partial charge in [0.1, 0.15) is 0 Å². The molecule has 0 aliphatic heterocycles. The van der Waals surface area contributed by atoms with E-state index in [0.717, 1.165) is 12.8 Å². The van der Waals surface area contributed by atoms with Crippen LogP contribution in [0.5, 0.6) is 0 Å². The fourth-order valence-electron chi connectivity index (χ4n) is 1.31. The largest absolute Gasteiger partial charge is 0.756 e. The molecule has 0 aromatic carbocycles. The van der Waals surface area contributed by atoms with Crippen LogP contribution in [-0.2, 0) is 13.6 Å². The molecule has 0 aliphatic carbocycles. The first-order chi connectivity index (χ1) is 8.33.